The van der Waals surface area contributed by atoms with Gasteiger partial charge < -0.3 is 19.9 Å². The van der Waals surface area contributed by atoms with Gasteiger partial charge in [-0.1, -0.05) is 26.0 Å². The highest BCUT2D eigenvalue weighted by Gasteiger charge is 2.23. The molecule has 5 heteroatoms. The molecule has 1 aromatic rings. The minimum atomic E-state index is 0.0633. The lowest BCUT2D eigenvalue weighted by Gasteiger charge is -2.37. The van der Waals surface area contributed by atoms with Gasteiger partial charge in [0.05, 0.1) is 12.8 Å². The molecule has 0 aromatic heterocycles. The number of hydrogen-bond acceptors (Lipinski definition) is 3. The normalized spacial score (nSPS) is 15.1. The summed E-state index contributed by atoms with van der Waals surface area (Å²) in [4.78, 5) is 16.4. The van der Waals surface area contributed by atoms with Gasteiger partial charge in [0.25, 0.3) is 0 Å². The van der Waals surface area contributed by atoms with Gasteiger partial charge in [0.15, 0.2) is 0 Å². The predicted octanol–water partition coefficient (Wildman–Crippen LogP) is 2.72. The molecule has 0 unspecified atom stereocenters. The topological polar surface area (TPSA) is 44.8 Å². The lowest BCUT2D eigenvalue weighted by atomic mass is 10.2. The molecule has 1 heterocycles. The minimum absolute atomic E-state index is 0.0633. The number of methoxy groups -OCH3 is 1. The Kier molecular flexibility index (Phi) is 5.92. The van der Waals surface area contributed by atoms with Crippen LogP contribution < -0.4 is 15.0 Å². The third-order valence-electron chi connectivity index (χ3n) is 4.31. The van der Waals surface area contributed by atoms with Crippen molar-refractivity contribution in [1.82, 2.24) is 10.2 Å². The Balaban J connectivity index is 1.91. The Hall–Kier alpha value is -1.91. The first-order valence-electron chi connectivity index (χ1n) is 8.13. The van der Waals surface area contributed by atoms with Gasteiger partial charge in [0.1, 0.15) is 5.75 Å². The summed E-state index contributed by atoms with van der Waals surface area (Å²) in [6, 6.07) is 8.37. The van der Waals surface area contributed by atoms with Crippen LogP contribution >= 0.6 is 0 Å². The SMILES string of the molecule is CCC(CC)NC(=O)N1CCN(c2ccccc2OC)CC1. The number of piperazine rings is 1. The van der Waals surface area contributed by atoms with Gasteiger partial charge in [-0.3, -0.25) is 0 Å². The molecule has 0 atom stereocenters. The van der Waals surface area contributed by atoms with E-state index in [4.69, 9.17) is 4.74 Å². The quantitative estimate of drug-likeness (QED) is 0.910. The highest BCUT2D eigenvalue weighted by molar-refractivity contribution is 5.75. The third kappa shape index (κ3) is 3.84. The fourth-order valence-corrected chi connectivity index (χ4v) is 2.80. The lowest BCUT2D eigenvalue weighted by Crippen LogP contribution is -2.53. The summed E-state index contributed by atoms with van der Waals surface area (Å²) in [6.45, 7) is 7.35. The summed E-state index contributed by atoms with van der Waals surface area (Å²) >= 11 is 0. The molecule has 22 heavy (non-hydrogen) atoms. The van der Waals surface area contributed by atoms with E-state index in [1.54, 1.807) is 7.11 Å². The van der Waals surface area contributed by atoms with Crippen LogP contribution in [0.15, 0.2) is 24.3 Å². The number of ether oxygens (including phenoxy) is 1. The second-order valence-corrected chi connectivity index (χ2v) is 5.61. The predicted molar refractivity (Wildman–Crippen MR) is 89.7 cm³/mol. The van der Waals surface area contributed by atoms with Crippen molar-refractivity contribution >= 4 is 11.7 Å². The molecule has 0 aliphatic carbocycles. The van der Waals surface area contributed by atoms with E-state index in [-0.39, 0.29) is 12.1 Å². The fourth-order valence-electron chi connectivity index (χ4n) is 2.80. The molecule has 1 N–H and O–H groups in total. The van der Waals surface area contributed by atoms with Crippen molar-refractivity contribution in [2.45, 2.75) is 32.7 Å². The Labute approximate surface area is 133 Å². The number of anilines is 1. The molecule has 5 nitrogen and oxygen atoms in total. The lowest BCUT2D eigenvalue weighted by molar-refractivity contribution is 0.189. The Morgan fingerprint density at radius 3 is 2.41 bits per heavy atom. The van der Waals surface area contributed by atoms with Crippen molar-refractivity contribution in [3.05, 3.63) is 24.3 Å². The average Bonchev–Trinajstić information content (AvgIpc) is 2.59. The van der Waals surface area contributed by atoms with E-state index >= 15 is 0 Å². The first-order chi connectivity index (χ1) is 10.7. The number of nitrogens with zero attached hydrogens (tertiary/aromatic N) is 2. The highest BCUT2D eigenvalue weighted by Crippen LogP contribution is 2.28. The number of hydrogen-bond donors (Lipinski definition) is 1. The number of carbonyl (C=O) groups is 1. The molecule has 1 aliphatic rings. The summed E-state index contributed by atoms with van der Waals surface area (Å²) < 4.78 is 5.42. The van der Waals surface area contributed by atoms with Gasteiger partial charge in [-0.25, -0.2) is 4.79 Å². The van der Waals surface area contributed by atoms with Crippen LogP contribution in [-0.2, 0) is 0 Å². The number of urea groups is 1. The zero-order chi connectivity index (χ0) is 15.9. The Morgan fingerprint density at radius 1 is 1.18 bits per heavy atom. The molecule has 1 saturated heterocycles. The molecule has 0 saturated carbocycles. The zero-order valence-electron chi connectivity index (χ0n) is 13.8. The average molecular weight is 305 g/mol. The van der Waals surface area contributed by atoms with Gasteiger partial charge in [-0.15, -0.1) is 0 Å². The van der Waals surface area contributed by atoms with Gasteiger partial charge in [-0.2, -0.15) is 0 Å². The maximum absolute atomic E-state index is 12.3. The maximum atomic E-state index is 12.3. The summed E-state index contributed by atoms with van der Waals surface area (Å²) in [6.07, 6.45) is 1.95. The van der Waals surface area contributed by atoms with Crippen molar-refractivity contribution < 1.29 is 9.53 Å². The van der Waals surface area contributed by atoms with E-state index in [1.165, 1.54) is 0 Å². The molecule has 1 aliphatic heterocycles. The van der Waals surface area contributed by atoms with Crippen LogP contribution in [0.5, 0.6) is 5.75 Å². The van der Waals surface area contributed by atoms with Crippen LogP contribution in [0, 0.1) is 0 Å². The van der Waals surface area contributed by atoms with E-state index in [0.717, 1.165) is 50.5 Å². The zero-order valence-corrected chi connectivity index (χ0v) is 13.8. The van der Waals surface area contributed by atoms with Crippen LogP contribution in [0.2, 0.25) is 0 Å². The first kappa shape index (κ1) is 16.5. The summed E-state index contributed by atoms with van der Waals surface area (Å²) in [7, 11) is 1.69. The van der Waals surface area contributed by atoms with Crippen molar-refractivity contribution in [3.8, 4) is 5.75 Å². The molecule has 2 amide bonds. The molecule has 0 spiro atoms. The number of benzene rings is 1. The van der Waals surface area contributed by atoms with Crippen molar-refractivity contribution in [3.63, 3.8) is 0 Å². The van der Waals surface area contributed by atoms with Crippen molar-refractivity contribution in [2.24, 2.45) is 0 Å². The standard InChI is InChI=1S/C17H27N3O2/c1-4-14(5-2)18-17(21)20-12-10-19(11-13-20)15-8-6-7-9-16(15)22-3/h6-9,14H,4-5,10-13H2,1-3H3,(H,18,21). The largest absolute Gasteiger partial charge is 0.495 e. The molecule has 1 aromatic carbocycles. The van der Waals surface area contributed by atoms with Crippen LogP contribution in [0.4, 0.5) is 10.5 Å². The second-order valence-electron chi connectivity index (χ2n) is 5.61. The monoisotopic (exact) mass is 305 g/mol. The summed E-state index contributed by atoms with van der Waals surface area (Å²) in [5.41, 5.74) is 1.10. The van der Waals surface area contributed by atoms with Crippen LogP contribution in [0.25, 0.3) is 0 Å². The smallest absolute Gasteiger partial charge is 0.317 e. The van der Waals surface area contributed by atoms with Gasteiger partial charge in [-0.05, 0) is 25.0 Å². The molecule has 0 bridgehead atoms. The van der Waals surface area contributed by atoms with E-state index in [0.29, 0.717) is 0 Å². The molecule has 2 rings (SSSR count). The maximum Gasteiger partial charge on any atom is 0.317 e. The second kappa shape index (κ2) is 7.92. The van der Waals surface area contributed by atoms with Crippen LogP contribution in [-0.4, -0.2) is 50.3 Å². The van der Waals surface area contributed by atoms with Gasteiger partial charge in [0.2, 0.25) is 0 Å². The molecule has 122 valence electrons. The van der Waals surface area contributed by atoms with E-state index < -0.39 is 0 Å². The fraction of sp³-hybridized carbons (Fsp3) is 0.588. The van der Waals surface area contributed by atoms with Crippen molar-refractivity contribution in [2.75, 3.05) is 38.2 Å². The Bertz CT molecular complexity index is 481. The minimum Gasteiger partial charge on any atom is -0.495 e. The number of rotatable bonds is 5. The van der Waals surface area contributed by atoms with E-state index in [2.05, 4.69) is 30.1 Å². The number of para-hydroxylation sites is 2. The molecular formula is C17H27N3O2. The molecule has 0 radical (unpaired) electrons. The highest BCUT2D eigenvalue weighted by atomic mass is 16.5. The number of carbonyl (C=O) groups excluding carboxylic acids is 1. The van der Waals surface area contributed by atoms with Gasteiger partial charge in [0, 0.05) is 32.2 Å². The van der Waals surface area contributed by atoms with Crippen LogP contribution in [0.1, 0.15) is 26.7 Å². The molecule has 1 fully saturated rings. The first-order valence-corrected chi connectivity index (χ1v) is 8.13. The number of nitrogens with one attached hydrogen (secondary N) is 1. The number of amides is 2. The Morgan fingerprint density at radius 2 is 1.82 bits per heavy atom. The van der Waals surface area contributed by atoms with E-state index in [1.807, 2.05) is 23.1 Å². The van der Waals surface area contributed by atoms with Crippen LogP contribution in [0.3, 0.4) is 0 Å². The third-order valence-corrected chi connectivity index (χ3v) is 4.31. The summed E-state index contributed by atoms with van der Waals surface area (Å²) in [5, 5.41) is 3.11. The van der Waals surface area contributed by atoms with Gasteiger partial charge >= 0.3 is 6.03 Å². The van der Waals surface area contributed by atoms with Crippen molar-refractivity contribution in [1.29, 1.82) is 0 Å². The van der Waals surface area contributed by atoms with E-state index in [9.17, 15) is 4.79 Å². The summed E-state index contributed by atoms with van der Waals surface area (Å²) in [5.74, 6) is 0.887. The molecular weight excluding hydrogens is 278 g/mol.